The lowest BCUT2D eigenvalue weighted by Gasteiger charge is -2.21. The van der Waals surface area contributed by atoms with Crippen molar-refractivity contribution in [2.75, 3.05) is 11.6 Å². The molecule has 1 saturated heterocycles. The zero-order chi connectivity index (χ0) is 12.7. The Kier molecular flexibility index (Phi) is 2.81. The van der Waals surface area contributed by atoms with Crippen molar-refractivity contribution in [2.45, 2.75) is 24.9 Å². The predicted octanol–water partition coefficient (Wildman–Crippen LogP) is 1.42. The minimum Gasteiger partial charge on any atom is -0.480 e. The molecule has 1 aliphatic carbocycles. The molecule has 1 saturated carbocycles. The van der Waals surface area contributed by atoms with Crippen molar-refractivity contribution in [3.63, 3.8) is 0 Å². The van der Waals surface area contributed by atoms with Crippen LogP contribution in [0.4, 0.5) is 0 Å². The fraction of sp³-hybridized carbons (Fsp3) is 0.500. The van der Waals surface area contributed by atoms with E-state index in [0.717, 1.165) is 12.8 Å². The third-order valence-corrected chi connectivity index (χ3v) is 4.38. The Balaban J connectivity index is 1.85. The van der Waals surface area contributed by atoms with Crippen LogP contribution in [0.5, 0.6) is 0 Å². The number of carbonyl (C=O) groups is 2. The SMILES string of the molecule is O=C(O)C1CSCN1C(=O)c1cccn1C1CC1. The number of hydrogen-bond acceptors (Lipinski definition) is 3. The van der Waals surface area contributed by atoms with Crippen molar-refractivity contribution in [2.24, 2.45) is 0 Å². The van der Waals surface area contributed by atoms with Crippen molar-refractivity contribution < 1.29 is 14.7 Å². The molecule has 3 rings (SSSR count). The third kappa shape index (κ3) is 1.90. The molecule has 6 heteroatoms. The minimum atomic E-state index is -0.919. The molecule has 1 aliphatic heterocycles. The van der Waals surface area contributed by atoms with Gasteiger partial charge in [0, 0.05) is 18.0 Å². The number of nitrogens with zero attached hydrogens (tertiary/aromatic N) is 2. The van der Waals surface area contributed by atoms with E-state index in [1.54, 1.807) is 6.07 Å². The molecule has 5 nitrogen and oxygen atoms in total. The van der Waals surface area contributed by atoms with E-state index in [0.29, 0.717) is 23.4 Å². The highest BCUT2D eigenvalue weighted by Gasteiger charge is 2.37. The van der Waals surface area contributed by atoms with Crippen LogP contribution in [-0.4, -0.2) is 44.1 Å². The number of carboxylic acids is 1. The molecule has 1 aromatic rings. The van der Waals surface area contributed by atoms with E-state index in [1.165, 1.54) is 16.7 Å². The van der Waals surface area contributed by atoms with Gasteiger partial charge in [0.15, 0.2) is 0 Å². The van der Waals surface area contributed by atoms with E-state index in [9.17, 15) is 9.59 Å². The van der Waals surface area contributed by atoms with Crippen LogP contribution in [0.15, 0.2) is 18.3 Å². The molecule has 1 atom stereocenters. The molecule has 1 amide bonds. The summed E-state index contributed by atoms with van der Waals surface area (Å²) in [6.45, 7) is 0. The van der Waals surface area contributed by atoms with Gasteiger partial charge in [0.25, 0.3) is 5.91 Å². The highest BCUT2D eigenvalue weighted by atomic mass is 32.2. The lowest BCUT2D eigenvalue weighted by molar-refractivity contribution is -0.140. The number of amides is 1. The van der Waals surface area contributed by atoms with E-state index in [-0.39, 0.29) is 5.91 Å². The molecule has 0 spiro atoms. The van der Waals surface area contributed by atoms with Gasteiger partial charge in [0.2, 0.25) is 0 Å². The second-order valence-electron chi connectivity index (χ2n) is 4.66. The summed E-state index contributed by atoms with van der Waals surface area (Å²) in [7, 11) is 0. The van der Waals surface area contributed by atoms with Crippen molar-refractivity contribution in [3.05, 3.63) is 24.0 Å². The molecule has 2 aliphatic rings. The summed E-state index contributed by atoms with van der Waals surface area (Å²) in [4.78, 5) is 25.0. The summed E-state index contributed by atoms with van der Waals surface area (Å²) in [5, 5.41) is 9.11. The fourth-order valence-corrected chi connectivity index (χ4v) is 3.39. The highest BCUT2D eigenvalue weighted by molar-refractivity contribution is 7.99. The Labute approximate surface area is 109 Å². The van der Waals surface area contributed by atoms with Crippen LogP contribution in [0.3, 0.4) is 0 Å². The van der Waals surface area contributed by atoms with Crippen LogP contribution >= 0.6 is 11.8 Å². The van der Waals surface area contributed by atoms with E-state index < -0.39 is 12.0 Å². The van der Waals surface area contributed by atoms with Gasteiger partial charge >= 0.3 is 5.97 Å². The first-order valence-electron chi connectivity index (χ1n) is 5.97. The van der Waals surface area contributed by atoms with E-state index in [4.69, 9.17) is 5.11 Å². The van der Waals surface area contributed by atoms with Gasteiger partial charge in [0.05, 0.1) is 5.88 Å². The Morgan fingerprint density at radius 2 is 2.17 bits per heavy atom. The quantitative estimate of drug-likeness (QED) is 0.898. The van der Waals surface area contributed by atoms with Gasteiger partial charge in [-0.15, -0.1) is 11.8 Å². The van der Waals surface area contributed by atoms with Crippen LogP contribution < -0.4 is 0 Å². The first-order chi connectivity index (χ1) is 8.68. The van der Waals surface area contributed by atoms with Crippen LogP contribution in [0.25, 0.3) is 0 Å². The Hall–Kier alpha value is -1.43. The van der Waals surface area contributed by atoms with Gasteiger partial charge in [-0.05, 0) is 25.0 Å². The smallest absolute Gasteiger partial charge is 0.327 e. The van der Waals surface area contributed by atoms with Gasteiger partial charge in [-0.2, -0.15) is 0 Å². The number of rotatable bonds is 3. The van der Waals surface area contributed by atoms with Crippen LogP contribution in [-0.2, 0) is 4.79 Å². The highest BCUT2D eigenvalue weighted by Crippen LogP contribution is 2.36. The molecule has 0 aromatic carbocycles. The second kappa shape index (κ2) is 4.35. The topological polar surface area (TPSA) is 62.5 Å². The largest absolute Gasteiger partial charge is 0.480 e. The molecular weight excluding hydrogens is 252 g/mol. The second-order valence-corrected chi connectivity index (χ2v) is 5.66. The van der Waals surface area contributed by atoms with E-state index in [1.807, 2.05) is 16.8 Å². The van der Waals surface area contributed by atoms with Crippen molar-refractivity contribution >= 4 is 23.6 Å². The summed E-state index contributed by atoms with van der Waals surface area (Å²) < 4.78 is 1.98. The lowest BCUT2D eigenvalue weighted by atomic mass is 10.2. The summed E-state index contributed by atoms with van der Waals surface area (Å²) in [6, 6.07) is 3.37. The van der Waals surface area contributed by atoms with Crippen molar-refractivity contribution in [1.82, 2.24) is 9.47 Å². The molecule has 18 heavy (non-hydrogen) atoms. The van der Waals surface area contributed by atoms with Crippen LogP contribution in [0.1, 0.15) is 29.4 Å². The van der Waals surface area contributed by atoms with Crippen molar-refractivity contribution in [3.8, 4) is 0 Å². The standard InChI is InChI=1S/C12H14N2O3S/c15-11(14-7-18-6-10(14)12(16)17)9-2-1-5-13(9)8-3-4-8/h1-2,5,8,10H,3-4,6-7H2,(H,16,17). The molecule has 2 heterocycles. The maximum atomic E-state index is 12.4. The minimum absolute atomic E-state index is 0.163. The summed E-state index contributed by atoms with van der Waals surface area (Å²) in [5.41, 5.74) is 0.617. The Morgan fingerprint density at radius 3 is 2.83 bits per heavy atom. The molecule has 0 radical (unpaired) electrons. The molecule has 2 fully saturated rings. The van der Waals surface area contributed by atoms with Gasteiger partial charge in [-0.3, -0.25) is 4.79 Å². The zero-order valence-electron chi connectivity index (χ0n) is 9.78. The summed E-state index contributed by atoms with van der Waals surface area (Å²) in [5.74, 6) is -0.140. The molecule has 1 N–H and O–H groups in total. The van der Waals surface area contributed by atoms with Gasteiger partial charge < -0.3 is 14.6 Å². The Bertz CT molecular complexity index is 495. The maximum Gasteiger partial charge on any atom is 0.327 e. The number of carboxylic acid groups (broad SMARTS) is 1. The number of aliphatic carboxylic acids is 1. The summed E-state index contributed by atoms with van der Waals surface area (Å²) in [6.07, 6.45) is 4.11. The van der Waals surface area contributed by atoms with E-state index >= 15 is 0 Å². The van der Waals surface area contributed by atoms with Crippen LogP contribution in [0.2, 0.25) is 0 Å². The number of thioether (sulfide) groups is 1. The van der Waals surface area contributed by atoms with Gasteiger partial charge in [-0.1, -0.05) is 0 Å². The van der Waals surface area contributed by atoms with Gasteiger partial charge in [-0.25, -0.2) is 4.79 Å². The molecule has 96 valence electrons. The summed E-state index contributed by atoms with van der Waals surface area (Å²) >= 11 is 1.49. The van der Waals surface area contributed by atoms with Crippen LogP contribution in [0, 0.1) is 0 Å². The normalized spacial score (nSPS) is 23.3. The number of hydrogen-bond donors (Lipinski definition) is 1. The van der Waals surface area contributed by atoms with E-state index in [2.05, 4.69) is 0 Å². The van der Waals surface area contributed by atoms with Gasteiger partial charge in [0.1, 0.15) is 11.7 Å². The molecule has 0 bridgehead atoms. The monoisotopic (exact) mass is 266 g/mol. The first kappa shape index (κ1) is 11.6. The van der Waals surface area contributed by atoms with Crippen molar-refractivity contribution in [1.29, 1.82) is 0 Å². The lowest BCUT2D eigenvalue weighted by Crippen LogP contribution is -2.42. The maximum absolute atomic E-state index is 12.4. The zero-order valence-corrected chi connectivity index (χ0v) is 10.6. The first-order valence-corrected chi connectivity index (χ1v) is 7.12. The number of carbonyl (C=O) groups excluding carboxylic acids is 1. The predicted molar refractivity (Wildman–Crippen MR) is 67.6 cm³/mol. The molecule has 1 aromatic heterocycles. The Morgan fingerprint density at radius 1 is 1.39 bits per heavy atom. The average Bonchev–Trinajstić information content (AvgIpc) is 2.92. The fourth-order valence-electron chi connectivity index (χ4n) is 2.24. The third-order valence-electron chi connectivity index (χ3n) is 3.37. The molecule has 1 unspecified atom stereocenters. The number of aromatic nitrogens is 1. The average molecular weight is 266 g/mol. The molecular formula is C12H14N2O3S.